The second-order valence-corrected chi connectivity index (χ2v) is 10.8. The van der Waals surface area contributed by atoms with E-state index < -0.39 is 10.1 Å². The molecule has 3 atom stereocenters. The maximum absolute atomic E-state index is 12.5. The molecule has 2 bridgehead atoms. The third-order valence-electron chi connectivity index (χ3n) is 4.59. The maximum Gasteiger partial charge on any atom is 0.314 e. The molecule has 0 saturated heterocycles. The van der Waals surface area contributed by atoms with E-state index in [-0.39, 0.29) is 26.1 Å². The Kier molecular flexibility index (Phi) is 5.52. The fourth-order valence-corrected chi connectivity index (χ4v) is 9.48. The summed E-state index contributed by atoms with van der Waals surface area (Å²) in [6.45, 7) is 0. The number of esters is 1. The molecular weight excluding hydrogens is 661 g/mol. The van der Waals surface area contributed by atoms with Gasteiger partial charge >= 0.3 is 5.97 Å². The summed E-state index contributed by atoms with van der Waals surface area (Å²) in [5.41, 5.74) is 0. The Bertz CT molecular complexity index is 777. The van der Waals surface area contributed by atoms with Crippen molar-refractivity contribution in [1.29, 1.82) is 0 Å². The number of benzene rings is 1. The van der Waals surface area contributed by atoms with Crippen LogP contribution in [0.25, 0.3) is 0 Å². The van der Waals surface area contributed by atoms with Gasteiger partial charge in [-0.25, -0.2) is 0 Å². The summed E-state index contributed by atoms with van der Waals surface area (Å²) < 4.78 is 39.5. The lowest BCUT2D eigenvalue weighted by Gasteiger charge is -2.21. The van der Waals surface area contributed by atoms with Gasteiger partial charge in [0.15, 0.2) is 5.75 Å². The van der Waals surface area contributed by atoms with E-state index in [1.165, 1.54) is 6.42 Å². The first-order valence-corrected chi connectivity index (χ1v) is 11.7. The molecule has 2 aliphatic carbocycles. The molecule has 126 valence electrons. The molecule has 0 aromatic heterocycles. The highest BCUT2D eigenvalue weighted by Gasteiger charge is 2.44. The van der Waals surface area contributed by atoms with Crippen LogP contribution in [0.3, 0.4) is 0 Å². The summed E-state index contributed by atoms with van der Waals surface area (Å²) in [5.74, 6) is 0.880. The lowest BCUT2D eigenvalue weighted by molar-refractivity contribution is -0.140. The van der Waals surface area contributed by atoms with Gasteiger partial charge in [0, 0.05) is 3.57 Å². The zero-order chi connectivity index (χ0) is 16.9. The summed E-state index contributed by atoms with van der Waals surface area (Å²) in [5, 5.41) is 0. The number of hydrogen-bond donors (Lipinski definition) is 1. The van der Waals surface area contributed by atoms with Crippen molar-refractivity contribution in [3.8, 4) is 5.75 Å². The van der Waals surface area contributed by atoms with E-state index >= 15 is 0 Å². The lowest BCUT2D eigenvalue weighted by atomic mass is 9.89. The normalized spacial score (nSPS) is 26.5. The van der Waals surface area contributed by atoms with Gasteiger partial charge in [-0.3, -0.25) is 9.35 Å². The fourth-order valence-electron chi connectivity index (χ4n) is 3.59. The largest absolute Gasteiger partial charge is 0.424 e. The molecule has 5 nitrogen and oxygen atoms in total. The molecule has 0 aliphatic heterocycles. The summed E-state index contributed by atoms with van der Waals surface area (Å²) in [6.07, 6.45) is 4.23. The average Bonchev–Trinajstić information content (AvgIpc) is 3.03. The van der Waals surface area contributed by atoms with Crippen LogP contribution in [0.15, 0.2) is 11.0 Å². The Morgan fingerprint density at radius 3 is 2.39 bits per heavy atom. The van der Waals surface area contributed by atoms with Crippen molar-refractivity contribution in [2.24, 2.45) is 17.8 Å². The van der Waals surface area contributed by atoms with E-state index in [1.54, 1.807) is 6.07 Å². The first-order valence-electron chi connectivity index (χ1n) is 7.05. The smallest absolute Gasteiger partial charge is 0.314 e. The van der Waals surface area contributed by atoms with Crippen LogP contribution >= 0.6 is 67.8 Å². The van der Waals surface area contributed by atoms with Crippen LogP contribution < -0.4 is 4.74 Å². The second-order valence-electron chi connectivity index (χ2n) is 5.99. The monoisotopic (exact) mass is 674 g/mol. The van der Waals surface area contributed by atoms with Crippen molar-refractivity contribution in [3.05, 3.63) is 16.8 Å². The van der Waals surface area contributed by atoms with Gasteiger partial charge in [-0.1, -0.05) is 6.42 Å². The third-order valence-corrected chi connectivity index (χ3v) is 8.94. The van der Waals surface area contributed by atoms with E-state index in [0.29, 0.717) is 19.0 Å². The Labute approximate surface area is 175 Å². The van der Waals surface area contributed by atoms with Crippen LogP contribution in [0.2, 0.25) is 0 Å². The molecule has 23 heavy (non-hydrogen) atoms. The van der Waals surface area contributed by atoms with Gasteiger partial charge in [0.1, 0.15) is 4.90 Å². The molecule has 0 spiro atoms. The first-order chi connectivity index (χ1) is 10.7. The zero-order valence-corrected chi connectivity index (χ0v) is 19.0. The van der Waals surface area contributed by atoms with Gasteiger partial charge in [0.25, 0.3) is 10.1 Å². The van der Waals surface area contributed by atoms with E-state index in [9.17, 15) is 17.8 Å². The van der Waals surface area contributed by atoms with Crippen LogP contribution in [-0.4, -0.2) is 18.9 Å². The Hall–Kier alpha value is 0.790. The number of carbonyl (C=O) groups is 1. The molecule has 9 heteroatoms. The minimum absolute atomic E-state index is 0.0891. The number of rotatable bonds is 3. The summed E-state index contributed by atoms with van der Waals surface area (Å²) in [4.78, 5) is 12.3. The highest BCUT2D eigenvalue weighted by atomic mass is 127. The van der Waals surface area contributed by atoms with Gasteiger partial charge in [-0.2, -0.15) is 8.42 Å². The number of halogens is 3. The Morgan fingerprint density at radius 2 is 1.87 bits per heavy atom. The number of hydrogen-bond acceptors (Lipinski definition) is 4. The minimum Gasteiger partial charge on any atom is -0.424 e. The van der Waals surface area contributed by atoms with Crippen LogP contribution in [0, 0.1) is 28.5 Å². The van der Waals surface area contributed by atoms with E-state index in [1.807, 2.05) is 67.8 Å². The number of fused-ring (bicyclic) bond motifs is 2. The third kappa shape index (κ3) is 3.67. The standard InChI is InChI=1S/C14H13I3O5S/c15-9-5-10(16)13(23(19,20)21)11(17)12(9)22-14(18)8-4-6-1-2-7(8)3-6/h5-8H,1-4H2,(H,19,20,21). The highest BCUT2D eigenvalue weighted by Crippen LogP contribution is 2.49. The maximum atomic E-state index is 12.5. The molecule has 0 heterocycles. The molecular formula is C14H13I3O5S. The van der Waals surface area contributed by atoms with Crippen molar-refractivity contribution >= 4 is 83.9 Å². The van der Waals surface area contributed by atoms with E-state index in [4.69, 9.17) is 4.74 Å². The molecule has 0 amide bonds. The second kappa shape index (κ2) is 6.83. The zero-order valence-electron chi connectivity index (χ0n) is 11.8. The number of ether oxygens (including phenoxy) is 1. The SMILES string of the molecule is O=C(Oc1c(I)cc(I)c(S(=O)(=O)O)c1I)C1CC2CCC1C2. The minimum atomic E-state index is -4.38. The summed E-state index contributed by atoms with van der Waals surface area (Å²) in [6, 6.07) is 1.59. The molecule has 3 rings (SSSR count). The molecule has 3 unspecified atom stereocenters. The summed E-state index contributed by atoms with van der Waals surface area (Å²) >= 11 is 5.68. The van der Waals surface area contributed by atoms with Crippen LogP contribution in [0.1, 0.15) is 25.7 Å². The first kappa shape index (κ1) is 18.6. The van der Waals surface area contributed by atoms with Gasteiger partial charge in [0.05, 0.1) is 13.1 Å². The highest BCUT2D eigenvalue weighted by molar-refractivity contribution is 14.1. The van der Waals surface area contributed by atoms with Crippen molar-refractivity contribution in [2.75, 3.05) is 0 Å². The topological polar surface area (TPSA) is 80.7 Å². The Balaban J connectivity index is 1.92. The van der Waals surface area contributed by atoms with Crippen molar-refractivity contribution < 1.29 is 22.5 Å². The quantitative estimate of drug-likeness (QED) is 0.227. The number of carbonyl (C=O) groups excluding carboxylic acids is 1. The molecule has 1 aromatic rings. The summed E-state index contributed by atoms with van der Waals surface area (Å²) in [7, 11) is -4.38. The average molecular weight is 674 g/mol. The fraction of sp³-hybridized carbons (Fsp3) is 0.500. The lowest BCUT2D eigenvalue weighted by Crippen LogP contribution is -2.26. The van der Waals surface area contributed by atoms with Crippen LogP contribution in [-0.2, 0) is 14.9 Å². The Morgan fingerprint density at radius 1 is 1.17 bits per heavy atom. The molecule has 1 N–H and O–H groups in total. The van der Waals surface area contributed by atoms with Gasteiger partial charge in [0.2, 0.25) is 0 Å². The van der Waals surface area contributed by atoms with Gasteiger partial charge < -0.3 is 4.74 Å². The molecule has 0 radical (unpaired) electrons. The van der Waals surface area contributed by atoms with Crippen molar-refractivity contribution in [3.63, 3.8) is 0 Å². The van der Waals surface area contributed by atoms with Crippen LogP contribution in [0.4, 0.5) is 0 Å². The van der Waals surface area contributed by atoms with Crippen molar-refractivity contribution in [1.82, 2.24) is 0 Å². The van der Waals surface area contributed by atoms with Gasteiger partial charge in [-0.05, 0) is 105 Å². The molecule has 2 aliphatic rings. The van der Waals surface area contributed by atoms with Gasteiger partial charge in [-0.15, -0.1) is 0 Å². The van der Waals surface area contributed by atoms with Crippen LogP contribution in [0.5, 0.6) is 5.75 Å². The van der Waals surface area contributed by atoms with E-state index in [0.717, 1.165) is 19.3 Å². The predicted molar refractivity (Wildman–Crippen MR) is 109 cm³/mol. The molecule has 2 fully saturated rings. The molecule has 2 saturated carbocycles. The predicted octanol–water partition coefficient (Wildman–Crippen LogP) is 4.09. The van der Waals surface area contributed by atoms with E-state index in [2.05, 4.69) is 0 Å². The molecule has 1 aromatic carbocycles. The van der Waals surface area contributed by atoms with Crippen molar-refractivity contribution in [2.45, 2.75) is 30.6 Å².